The van der Waals surface area contributed by atoms with Crippen LogP contribution in [0.2, 0.25) is 0 Å². The fraction of sp³-hybridized carbons (Fsp3) is 0.769. The quantitative estimate of drug-likeness (QED) is 0.758. The first kappa shape index (κ1) is 21.0. The number of hydrogen-bond acceptors (Lipinski definition) is 3. The van der Waals surface area contributed by atoms with Gasteiger partial charge in [0.1, 0.15) is 0 Å². The van der Waals surface area contributed by atoms with E-state index in [0.29, 0.717) is 9.80 Å². The molecule has 144 valence electrons. The number of carbonyl (C=O) groups is 3. The molecule has 0 radical (unpaired) electrons. The van der Waals surface area contributed by atoms with Crippen molar-refractivity contribution in [3.63, 3.8) is 0 Å². The summed E-state index contributed by atoms with van der Waals surface area (Å²) in [5, 5.41) is 8.72. The molecule has 0 atom stereocenters. The van der Waals surface area contributed by atoms with Gasteiger partial charge in [0, 0.05) is 38.0 Å². The number of carbonyl (C=O) groups excluding carboxylic acids is 2. The van der Waals surface area contributed by atoms with E-state index in [1.807, 2.05) is 0 Å². The molecular formula is C13H16F6N2O4. The van der Waals surface area contributed by atoms with Crippen molar-refractivity contribution in [1.29, 1.82) is 0 Å². The van der Waals surface area contributed by atoms with Crippen molar-refractivity contribution in [2.45, 2.75) is 32.1 Å². The zero-order chi connectivity index (χ0) is 19.6. The van der Waals surface area contributed by atoms with Gasteiger partial charge in [-0.3, -0.25) is 14.4 Å². The minimum absolute atomic E-state index is 0.300. The molecule has 1 saturated heterocycles. The van der Waals surface area contributed by atoms with E-state index in [2.05, 4.69) is 0 Å². The number of halogens is 6. The average Bonchev–Trinajstić information content (AvgIpc) is 2.61. The van der Waals surface area contributed by atoms with Crippen molar-refractivity contribution in [3.05, 3.63) is 0 Å². The van der Waals surface area contributed by atoms with E-state index in [4.69, 9.17) is 5.11 Å². The van der Waals surface area contributed by atoms with Gasteiger partial charge in [0.15, 0.2) is 0 Å². The van der Waals surface area contributed by atoms with Crippen LogP contribution in [-0.2, 0) is 14.4 Å². The third-order valence-electron chi connectivity index (χ3n) is 3.79. The largest absolute Gasteiger partial charge is 0.481 e. The third kappa shape index (κ3) is 5.78. The van der Waals surface area contributed by atoms with Crippen LogP contribution in [0.5, 0.6) is 0 Å². The van der Waals surface area contributed by atoms with Crippen molar-refractivity contribution in [3.8, 4) is 0 Å². The summed E-state index contributed by atoms with van der Waals surface area (Å²) in [5.74, 6) is -5.78. The van der Waals surface area contributed by atoms with Crippen molar-refractivity contribution < 1.29 is 45.8 Å². The van der Waals surface area contributed by atoms with Crippen molar-refractivity contribution >= 4 is 17.8 Å². The number of nitrogens with zero attached hydrogens (tertiary/aromatic N) is 2. The van der Waals surface area contributed by atoms with E-state index in [9.17, 15) is 40.7 Å². The normalized spacial score (nSPS) is 18.7. The molecule has 1 aliphatic heterocycles. The maximum absolute atomic E-state index is 12.6. The van der Waals surface area contributed by atoms with Crippen LogP contribution in [0.4, 0.5) is 26.3 Å². The van der Waals surface area contributed by atoms with Gasteiger partial charge >= 0.3 is 30.1 Å². The second kappa shape index (κ2) is 7.08. The number of carboxylic acids is 1. The highest BCUT2D eigenvalue weighted by molar-refractivity contribution is 5.83. The lowest BCUT2D eigenvalue weighted by molar-refractivity contribution is -0.187. The van der Waals surface area contributed by atoms with Crippen LogP contribution in [0.1, 0.15) is 19.8 Å². The summed E-state index contributed by atoms with van der Waals surface area (Å²) in [5.41, 5.74) is -1.43. The lowest BCUT2D eigenvalue weighted by Gasteiger charge is -2.34. The number of amides is 2. The lowest BCUT2D eigenvalue weighted by Crippen LogP contribution is -2.47. The van der Waals surface area contributed by atoms with Crippen LogP contribution in [0.3, 0.4) is 0 Å². The fourth-order valence-electron chi connectivity index (χ4n) is 2.64. The van der Waals surface area contributed by atoms with Crippen LogP contribution in [0.15, 0.2) is 0 Å². The van der Waals surface area contributed by atoms with Gasteiger partial charge in [-0.2, -0.15) is 26.3 Å². The Morgan fingerprint density at radius 2 is 1.28 bits per heavy atom. The highest BCUT2D eigenvalue weighted by Gasteiger charge is 2.49. The van der Waals surface area contributed by atoms with Gasteiger partial charge in [0.05, 0.1) is 0 Å². The van der Waals surface area contributed by atoms with Crippen LogP contribution >= 0.6 is 0 Å². The molecule has 12 heteroatoms. The number of alkyl halides is 6. The first-order chi connectivity index (χ1) is 11.2. The summed E-state index contributed by atoms with van der Waals surface area (Å²) in [6.07, 6.45) is -11.3. The first-order valence-electron chi connectivity index (χ1n) is 7.10. The van der Waals surface area contributed by atoms with Gasteiger partial charge in [-0.1, -0.05) is 6.92 Å². The Hall–Kier alpha value is -2.01. The van der Waals surface area contributed by atoms with Gasteiger partial charge in [0.2, 0.25) is 0 Å². The van der Waals surface area contributed by atoms with E-state index >= 15 is 0 Å². The molecule has 0 bridgehead atoms. The Morgan fingerprint density at radius 3 is 1.56 bits per heavy atom. The van der Waals surface area contributed by atoms with Gasteiger partial charge in [-0.25, -0.2) is 0 Å². The molecule has 6 nitrogen and oxygen atoms in total. The van der Waals surface area contributed by atoms with Gasteiger partial charge in [-0.05, 0) is 6.42 Å². The van der Waals surface area contributed by atoms with E-state index in [0.717, 1.165) is 0 Å². The van der Waals surface area contributed by atoms with Gasteiger partial charge < -0.3 is 14.9 Å². The molecule has 1 fully saturated rings. The van der Waals surface area contributed by atoms with E-state index in [1.54, 1.807) is 0 Å². The molecular weight excluding hydrogens is 362 g/mol. The summed E-state index contributed by atoms with van der Waals surface area (Å²) in [7, 11) is 0. The monoisotopic (exact) mass is 378 g/mol. The summed E-state index contributed by atoms with van der Waals surface area (Å²) < 4.78 is 75.8. The maximum Gasteiger partial charge on any atom is 0.471 e. The Balaban J connectivity index is 3.11. The molecule has 0 aromatic rings. The third-order valence-corrected chi connectivity index (χ3v) is 3.79. The lowest BCUT2D eigenvalue weighted by atomic mass is 9.84. The molecule has 0 aromatic heterocycles. The molecule has 0 aromatic carbocycles. The Bertz CT molecular complexity index is 510. The summed E-state index contributed by atoms with van der Waals surface area (Å²) >= 11 is 0. The smallest absolute Gasteiger partial charge is 0.471 e. The molecule has 0 spiro atoms. The molecule has 1 rings (SSSR count). The molecule has 0 saturated carbocycles. The summed E-state index contributed by atoms with van der Waals surface area (Å²) in [6, 6.07) is 0. The van der Waals surface area contributed by atoms with Crippen LogP contribution in [0, 0.1) is 5.41 Å². The van der Waals surface area contributed by atoms with Crippen molar-refractivity contribution in [2.75, 3.05) is 26.2 Å². The van der Waals surface area contributed by atoms with Crippen LogP contribution < -0.4 is 0 Å². The number of rotatable bonds is 3. The van der Waals surface area contributed by atoms with Gasteiger partial charge in [-0.15, -0.1) is 0 Å². The maximum atomic E-state index is 12.6. The Kier molecular flexibility index (Phi) is 5.96. The molecule has 0 aliphatic carbocycles. The molecule has 1 heterocycles. The highest BCUT2D eigenvalue weighted by atomic mass is 19.4. The van der Waals surface area contributed by atoms with Crippen LogP contribution in [0.25, 0.3) is 0 Å². The standard InChI is InChI=1S/C13H16F6N2O4/c1-11(3-2-8(22)23)6-20(9(24)12(14,15)16)4-5-21(7-11)10(25)13(17,18)19/h2-7H2,1H3,(H,22,23). The minimum atomic E-state index is -5.23. The topological polar surface area (TPSA) is 77.9 Å². The zero-order valence-electron chi connectivity index (χ0n) is 13.1. The number of hydrogen-bond donors (Lipinski definition) is 1. The fourth-order valence-corrected chi connectivity index (χ4v) is 2.64. The first-order valence-corrected chi connectivity index (χ1v) is 7.10. The van der Waals surface area contributed by atoms with E-state index in [-0.39, 0.29) is 6.42 Å². The van der Waals surface area contributed by atoms with Crippen molar-refractivity contribution in [1.82, 2.24) is 9.80 Å². The molecule has 1 aliphatic rings. The predicted octanol–water partition coefficient (Wildman–Crippen LogP) is 1.65. The van der Waals surface area contributed by atoms with Crippen molar-refractivity contribution in [2.24, 2.45) is 5.41 Å². The predicted molar refractivity (Wildman–Crippen MR) is 70.2 cm³/mol. The highest BCUT2D eigenvalue weighted by Crippen LogP contribution is 2.32. The summed E-state index contributed by atoms with van der Waals surface area (Å²) in [6.45, 7) is -1.44. The molecule has 2 amide bonds. The van der Waals surface area contributed by atoms with E-state index < -0.39 is 68.2 Å². The zero-order valence-corrected chi connectivity index (χ0v) is 13.1. The SMILES string of the molecule is CC1(CCC(=O)O)CN(C(=O)C(F)(F)F)CCN(C(=O)C(F)(F)F)C1. The average molecular weight is 378 g/mol. The van der Waals surface area contributed by atoms with Gasteiger partial charge in [0.25, 0.3) is 0 Å². The molecule has 25 heavy (non-hydrogen) atoms. The molecule has 1 N–H and O–H groups in total. The van der Waals surface area contributed by atoms with E-state index in [1.165, 1.54) is 6.92 Å². The Morgan fingerprint density at radius 1 is 0.920 bits per heavy atom. The molecule has 0 unspecified atom stereocenters. The number of carboxylic acid groups (broad SMARTS) is 1. The number of aliphatic carboxylic acids is 1. The Labute approximate surface area is 138 Å². The summed E-state index contributed by atoms with van der Waals surface area (Å²) in [4.78, 5) is 34.2. The second-order valence-electron chi connectivity index (χ2n) is 6.15. The minimum Gasteiger partial charge on any atom is -0.481 e. The second-order valence-corrected chi connectivity index (χ2v) is 6.15. The van der Waals surface area contributed by atoms with Crippen LogP contribution in [-0.4, -0.2) is 71.2 Å².